The predicted octanol–water partition coefficient (Wildman–Crippen LogP) is 3.89. The Hall–Kier alpha value is -0.950. The van der Waals surface area contributed by atoms with Gasteiger partial charge in [-0.2, -0.15) is 0 Å². The van der Waals surface area contributed by atoms with E-state index in [2.05, 4.69) is 21.4 Å². The smallest absolute Gasteiger partial charge is 0.159 e. The van der Waals surface area contributed by atoms with Crippen LogP contribution in [-0.4, -0.2) is 11.8 Å². The zero-order chi connectivity index (χ0) is 15.2. The van der Waals surface area contributed by atoms with Crippen LogP contribution in [0, 0.1) is 11.6 Å². The minimum absolute atomic E-state index is 0.0245. The van der Waals surface area contributed by atoms with E-state index in [4.69, 9.17) is 5.84 Å². The van der Waals surface area contributed by atoms with E-state index in [-0.39, 0.29) is 6.04 Å². The third-order valence-corrected chi connectivity index (χ3v) is 4.67. The third-order valence-electron chi connectivity index (χ3n) is 2.97. The van der Waals surface area contributed by atoms with Crippen molar-refractivity contribution in [2.24, 2.45) is 5.84 Å². The summed E-state index contributed by atoms with van der Waals surface area (Å²) < 4.78 is 27.1. The van der Waals surface area contributed by atoms with Crippen LogP contribution in [0.3, 0.4) is 0 Å². The Morgan fingerprint density at radius 3 is 2.43 bits per heavy atom. The molecule has 112 valence electrons. The van der Waals surface area contributed by atoms with Crippen LogP contribution < -0.4 is 11.3 Å². The number of hydrazine groups is 1. The van der Waals surface area contributed by atoms with Crippen LogP contribution in [0.1, 0.15) is 5.56 Å². The third kappa shape index (κ3) is 5.07. The van der Waals surface area contributed by atoms with Gasteiger partial charge in [0.25, 0.3) is 0 Å². The molecule has 2 aromatic rings. The first-order chi connectivity index (χ1) is 10.1. The van der Waals surface area contributed by atoms with Gasteiger partial charge in [-0.05, 0) is 48.4 Å². The second-order valence-electron chi connectivity index (χ2n) is 4.58. The zero-order valence-corrected chi connectivity index (χ0v) is 13.6. The van der Waals surface area contributed by atoms with Crippen LogP contribution in [0.4, 0.5) is 8.78 Å². The Morgan fingerprint density at radius 2 is 1.81 bits per heavy atom. The molecule has 3 N–H and O–H groups in total. The van der Waals surface area contributed by atoms with E-state index in [1.807, 2.05) is 24.3 Å². The van der Waals surface area contributed by atoms with Gasteiger partial charge in [-0.3, -0.25) is 11.3 Å². The van der Waals surface area contributed by atoms with E-state index in [0.29, 0.717) is 12.0 Å². The Bertz CT molecular complexity index is 593. The lowest BCUT2D eigenvalue weighted by molar-refractivity contribution is 0.504. The summed E-state index contributed by atoms with van der Waals surface area (Å²) in [6.45, 7) is 0. The Morgan fingerprint density at radius 1 is 1.10 bits per heavy atom. The first-order valence-electron chi connectivity index (χ1n) is 6.37. The lowest BCUT2D eigenvalue weighted by Crippen LogP contribution is -2.38. The highest BCUT2D eigenvalue weighted by Gasteiger charge is 2.10. The molecule has 0 fully saturated rings. The molecule has 0 aliphatic rings. The summed E-state index contributed by atoms with van der Waals surface area (Å²) in [5.74, 6) is 4.61. The molecule has 2 nitrogen and oxygen atoms in total. The Labute approximate surface area is 135 Å². The van der Waals surface area contributed by atoms with Crippen molar-refractivity contribution in [2.45, 2.75) is 17.4 Å². The monoisotopic (exact) mass is 372 g/mol. The van der Waals surface area contributed by atoms with Gasteiger partial charge in [0.15, 0.2) is 11.6 Å². The number of nitrogens with two attached hydrogens (primary N) is 1. The second kappa shape index (κ2) is 7.89. The van der Waals surface area contributed by atoms with E-state index in [1.54, 1.807) is 17.8 Å². The fourth-order valence-corrected chi connectivity index (χ4v) is 3.05. The van der Waals surface area contributed by atoms with E-state index in [9.17, 15) is 8.78 Å². The van der Waals surface area contributed by atoms with Crippen molar-refractivity contribution in [3.8, 4) is 0 Å². The fraction of sp³-hybridized carbons (Fsp3) is 0.200. The average Bonchev–Trinajstić information content (AvgIpc) is 2.49. The van der Waals surface area contributed by atoms with Crippen molar-refractivity contribution in [1.29, 1.82) is 0 Å². The van der Waals surface area contributed by atoms with Crippen molar-refractivity contribution in [3.63, 3.8) is 0 Å². The lowest BCUT2D eigenvalue weighted by atomic mass is 10.1. The summed E-state index contributed by atoms with van der Waals surface area (Å²) in [7, 11) is 0. The molecule has 0 radical (unpaired) electrons. The molecule has 0 amide bonds. The van der Waals surface area contributed by atoms with Gasteiger partial charge in [0.1, 0.15) is 0 Å². The molecule has 2 rings (SSSR count). The van der Waals surface area contributed by atoms with Gasteiger partial charge in [-0.15, -0.1) is 11.8 Å². The van der Waals surface area contributed by atoms with Crippen LogP contribution in [0.2, 0.25) is 0 Å². The molecule has 6 heteroatoms. The van der Waals surface area contributed by atoms with E-state index in [0.717, 1.165) is 21.2 Å². The first-order valence-corrected chi connectivity index (χ1v) is 8.15. The van der Waals surface area contributed by atoms with E-state index < -0.39 is 11.6 Å². The largest absolute Gasteiger partial charge is 0.271 e. The van der Waals surface area contributed by atoms with Gasteiger partial charge in [0.2, 0.25) is 0 Å². The standard InChI is InChI=1S/C15H15BrF2N2S/c16-11-2-4-13(5-3-11)21-9-12(20-19)7-10-1-6-14(17)15(18)8-10/h1-6,8,12,20H,7,9,19H2. The maximum atomic E-state index is 13.2. The molecule has 0 heterocycles. The topological polar surface area (TPSA) is 38.0 Å². The number of benzene rings is 2. The van der Waals surface area contributed by atoms with Gasteiger partial charge in [-0.1, -0.05) is 22.0 Å². The summed E-state index contributed by atoms with van der Waals surface area (Å²) in [4.78, 5) is 1.13. The maximum absolute atomic E-state index is 13.2. The van der Waals surface area contributed by atoms with Crippen molar-refractivity contribution in [2.75, 3.05) is 5.75 Å². The van der Waals surface area contributed by atoms with Crippen molar-refractivity contribution in [3.05, 3.63) is 64.1 Å². The van der Waals surface area contributed by atoms with Gasteiger partial charge >= 0.3 is 0 Å². The summed E-state index contributed by atoms with van der Waals surface area (Å²) in [5.41, 5.74) is 3.44. The number of hydrogen-bond acceptors (Lipinski definition) is 3. The molecular formula is C15H15BrF2N2S. The van der Waals surface area contributed by atoms with Crippen molar-refractivity contribution in [1.82, 2.24) is 5.43 Å². The molecule has 0 aliphatic heterocycles. The zero-order valence-electron chi connectivity index (χ0n) is 11.2. The molecule has 0 saturated heterocycles. The first kappa shape index (κ1) is 16.4. The Kier molecular flexibility index (Phi) is 6.17. The maximum Gasteiger partial charge on any atom is 0.159 e. The van der Waals surface area contributed by atoms with Gasteiger partial charge in [-0.25, -0.2) is 8.78 Å². The van der Waals surface area contributed by atoms with Crippen LogP contribution >= 0.6 is 27.7 Å². The number of halogens is 3. The Balaban J connectivity index is 1.93. The van der Waals surface area contributed by atoms with E-state index in [1.165, 1.54) is 6.07 Å². The number of hydrogen-bond donors (Lipinski definition) is 2. The molecule has 0 aliphatic carbocycles. The lowest BCUT2D eigenvalue weighted by Gasteiger charge is -2.15. The number of rotatable bonds is 6. The van der Waals surface area contributed by atoms with Crippen LogP contribution in [-0.2, 0) is 6.42 Å². The number of nitrogens with one attached hydrogen (secondary N) is 1. The highest BCUT2D eigenvalue weighted by molar-refractivity contribution is 9.10. The molecule has 1 atom stereocenters. The summed E-state index contributed by atoms with van der Waals surface area (Å²) in [5, 5.41) is 0. The average molecular weight is 373 g/mol. The second-order valence-corrected chi connectivity index (χ2v) is 6.59. The molecule has 0 bridgehead atoms. The quantitative estimate of drug-likeness (QED) is 0.458. The van der Waals surface area contributed by atoms with Crippen LogP contribution in [0.25, 0.3) is 0 Å². The predicted molar refractivity (Wildman–Crippen MR) is 86.0 cm³/mol. The van der Waals surface area contributed by atoms with Gasteiger partial charge < -0.3 is 0 Å². The van der Waals surface area contributed by atoms with Crippen LogP contribution in [0.5, 0.6) is 0 Å². The minimum atomic E-state index is -0.833. The highest BCUT2D eigenvalue weighted by Crippen LogP contribution is 2.22. The molecule has 0 spiro atoms. The highest BCUT2D eigenvalue weighted by atomic mass is 79.9. The molecule has 21 heavy (non-hydrogen) atoms. The van der Waals surface area contributed by atoms with Gasteiger partial charge in [0, 0.05) is 21.2 Å². The summed E-state index contributed by atoms with van der Waals surface area (Å²) in [6, 6.07) is 11.9. The summed E-state index contributed by atoms with van der Waals surface area (Å²) in [6.07, 6.45) is 0.539. The minimum Gasteiger partial charge on any atom is -0.271 e. The molecule has 0 aromatic heterocycles. The van der Waals surface area contributed by atoms with Crippen molar-refractivity contribution < 1.29 is 8.78 Å². The number of thioether (sulfide) groups is 1. The summed E-state index contributed by atoms with van der Waals surface area (Å²) >= 11 is 5.05. The molecule has 0 saturated carbocycles. The van der Waals surface area contributed by atoms with Crippen molar-refractivity contribution >= 4 is 27.7 Å². The normalized spacial score (nSPS) is 12.4. The molecule has 2 aromatic carbocycles. The molecular weight excluding hydrogens is 358 g/mol. The molecule has 1 unspecified atom stereocenters. The SMILES string of the molecule is NNC(CSc1ccc(Br)cc1)Cc1ccc(F)c(F)c1. The van der Waals surface area contributed by atoms with Crippen LogP contribution in [0.15, 0.2) is 51.8 Å². The van der Waals surface area contributed by atoms with Gasteiger partial charge in [0.05, 0.1) is 0 Å². The fourth-order valence-electron chi connectivity index (χ4n) is 1.84. The van der Waals surface area contributed by atoms with E-state index >= 15 is 0 Å².